The summed E-state index contributed by atoms with van der Waals surface area (Å²) in [6.07, 6.45) is 2.34. The molecule has 3 N–H and O–H groups in total. The highest BCUT2D eigenvalue weighted by Gasteiger charge is 2.24. The summed E-state index contributed by atoms with van der Waals surface area (Å²) in [5.41, 5.74) is 1.08. The van der Waals surface area contributed by atoms with Crippen molar-refractivity contribution in [3.8, 4) is 11.5 Å². The molecule has 0 radical (unpaired) electrons. The van der Waals surface area contributed by atoms with Crippen molar-refractivity contribution in [3.05, 3.63) is 18.2 Å². The smallest absolute Gasteiger partial charge is 0.221 e. The number of hydrogen-bond acceptors (Lipinski definition) is 5. The van der Waals surface area contributed by atoms with Crippen LogP contribution in [0.5, 0.6) is 11.5 Å². The van der Waals surface area contributed by atoms with E-state index in [1.54, 1.807) is 14.2 Å². The fourth-order valence-electron chi connectivity index (χ4n) is 3.22. The van der Waals surface area contributed by atoms with Gasteiger partial charge in [0.1, 0.15) is 11.5 Å². The minimum atomic E-state index is 0.0467. The van der Waals surface area contributed by atoms with Crippen molar-refractivity contribution in [1.82, 2.24) is 16.0 Å². The number of anilines is 1. The van der Waals surface area contributed by atoms with Gasteiger partial charge in [-0.05, 0) is 19.8 Å². The number of carbonyl (C=O) groups excluding carboxylic acids is 1. The molecule has 8 heteroatoms. The van der Waals surface area contributed by atoms with Crippen molar-refractivity contribution < 1.29 is 14.3 Å². The second-order valence-corrected chi connectivity index (χ2v) is 7.01. The predicted molar refractivity (Wildman–Crippen MR) is 117 cm³/mol. The maximum atomic E-state index is 11.7. The standard InChI is InChI=1S/C21H35N5O3/c1-5-9-23-20(27)7-10-24-21(22-6-2)25-16-8-11-26(15-16)17-12-18(28-3)14-19(13-17)29-4/h12-14,16H,5-11,15H2,1-4H3,(H,23,27)(H2,22,24,25). The molecule has 1 amide bonds. The van der Waals surface area contributed by atoms with Crippen LogP contribution in [0.1, 0.15) is 33.1 Å². The van der Waals surface area contributed by atoms with E-state index < -0.39 is 0 Å². The molecule has 1 heterocycles. The monoisotopic (exact) mass is 405 g/mol. The molecule has 2 rings (SSSR count). The Balaban J connectivity index is 1.92. The van der Waals surface area contributed by atoms with Crippen molar-refractivity contribution in [1.29, 1.82) is 0 Å². The van der Waals surface area contributed by atoms with Crippen LogP contribution in [0.2, 0.25) is 0 Å². The minimum Gasteiger partial charge on any atom is -0.497 e. The fourth-order valence-corrected chi connectivity index (χ4v) is 3.22. The zero-order chi connectivity index (χ0) is 21.1. The van der Waals surface area contributed by atoms with Crippen LogP contribution in [0.4, 0.5) is 5.69 Å². The van der Waals surface area contributed by atoms with Crippen LogP contribution < -0.4 is 30.3 Å². The molecule has 1 saturated heterocycles. The summed E-state index contributed by atoms with van der Waals surface area (Å²) < 4.78 is 10.8. The Morgan fingerprint density at radius 2 is 1.90 bits per heavy atom. The Morgan fingerprint density at radius 3 is 2.52 bits per heavy atom. The number of benzene rings is 1. The summed E-state index contributed by atoms with van der Waals surface area (Å²) in [7, 11) is 3.32. The summed E-state index contributed by atoms with van der Waals surface area (Å²) in [6, 6.07) is 6.21. The van der Waals surface area contributed by atoms with Gasteiger partial charge in [-0.25, -0.2) is 0 Å². The van der Waals surface area contributed by atoms with Crippen LogP contribution in [-0.4, -0.2) is 64.9 Å². The first-order valence-corrected chi connectivity index (χ1v) is 10.4. The van der Waals surface area contributed by atoms with E-state index in [2.05, 4.69) is 25.8 Å². The topological polar surface area (TPSA) is 87.2 Å². The molecule has 0 bridgehead atoms. The molecule has 1 atom stereocenters. The van der Waals surface area contributed by atoms with Crippen LogP contribution in [0, 0.1) is 0 Å². The van der Waals surface area contributed by atoms with Crippen LogP contribution >= 0.6 is 0 Å². The number of nitrogens with one attached hydrogen (secondary N) is 3. The quantitative estimate of drug-likeness (QED) is 0.406. The molecule has 162 valence electrons. The Bertz CT molecular complexity index is 658. The van der Waals surface area contributed by atoms with Gasteiger partial charge in [0, 0.05) is 62.5 Å². The van der Waals surface area contributed by atoms with Crippen molar-refractivity contribution in [2.75, 3.05) is 51.8 Å². The highest BCUT2D eigenvalue weighted by atomic mass is 16.5. The first-order chi connectivity index (χ1) is 14.1. The van der Waals surface area contributed by atoms with Gasteiger partial charge in [-0.3, -0.25) is 9.79 Å². The zero-order valence-corrected chi connectivity index (χ0v) is 18.1. The number of carbonyl (C=O) groups is 1. The summed E-state index contributed by atoms with van der Waals surface area (Å²) in [5.74, 6) is 2.37. The van der Waals surface area contributed by atoms with Gasteiger partial charge in [0.25, 0.3) is 0 Å². The van der Waals surface area contributed by atoms with E-state index in [1.807, 2.05) is 32.0 Å². The molecule has 1 aromatic rings. The Labute approximate surface area is 174 Å². The lowest BCUT2D eigenvalue weighted by molar-refractivity contribution is -0.120. The van der Waals surface area contributed by atoms with E-state index >= 15 is 0 Å². The number of aliphatic imine (C=N–C) groups is 1. The molecule has 1 fully saturated rings. The average molecular weight is 406 g/mol. The van der Waals surface area contributed by atoms with Crippen molar-refractivity contribution in [2.45, 2.75) is 39.2 Å². The number of ether oxygens (including phenoxy) is 2. The van der Waals surface area contributed by atoms with Gasteiger partial charge in [0.05, 0.1) is 20.8 Å². The van der Waals surface area contributed by atoms with Gasteiger partial charge in [-0.1, -0.05) is 6.92 Å². The molecule has 0 spiro atoms. The van der Waals surface area contributed by atoms with Crippen molar-refractivity contribution >= 4 is 17.6 Å². The van der Waals surface area contributed by atoms with E-state index in [9.17, 15) is 4.79 Å². The lowest BCUT2D eigenvalue weighted by atomic mass is 10.2. The SMILES string of the molecule is CCCNC(=O)CCN=C(NCC)NC1CCN(c2cc(OC)cc(OC)c2)C1. The van der Waals surface area contributed by atoms with E-state index in [0.29, 0.717) is 19.5 Å². The zero-order valence-electron chi connectivity index (χ0n) is 18.1. The van der Waals surface area contributed by atoms with Crippen LogP contribution in [0.25, 0.3) is 0 Å². The molecule has 1 unspecified atom stereocenters. The highest BCUT2D eigenvalue weighted by molar-refractivity contribution is 5.81. The molecule has 1 aliphatic rings. The van der Waals surface area contributed by atoms with E-state index in [-0.39, 0.29) is 11.9 Å². The number of hydrogen-bond donors (Lipinski definition) is 3. The van der Waals surface area contributed by atoms with Gasteiger partial charge < -0.3 is 30.3 Å². The molecule has 1 aromatic carbocycles. The van der Waals surface area contributed by atoms with Crippen LogP contribution in [-0.2, 0) is 4.79 Å². The summed E-state index contributed by atoms with van der Waals surface area (Å²) >= 11 is 0. The Kier molecular flexibility index (Phi) is 9.40. The van der Waals surface area contributed by atoms with Gasteiger partial charge in [0.2, 0.25) is 5.91 Å². The van der Waals surface area contributed by atoms with Crippen molar-refractivity contribution in [2.24, 2.45) is 4.99 Å². The summed E-state index contributed by atoms with van der Waals surface area (Å²) in [5, 5.41) is 9.64. The first kappa shape index (κ1) is 22.6. The lowest BCUT2D eigenvalue weighted by Gasteiger charge is -2.21. The number of rotatable bonds is 10. The van der Waals surface area contributed by atoms with Crippen LogP contribution in [0.3, 0.4) is 0 Å². The lowest BCUT2D eigenvalue weighted by Crippen LogP contribution is -2.44. The number of amides is 1. The number of methoxy groups -OCH3 is 2. The minimum absolute atomic E-state index is 0.0467. The second-order valence-electron chi connectivity index (χ2n) is 7.01. The maximum Gasteiger partial charge on any atom is 0.221 e. The molecule has 0 saturated carbocycles. The maximum absolute atomic E-state index is 11.7. The van der Waals surface area contributed by atoms with Gasteiger partial charge in [0.15, 0.2) is 5.96 Å². The van der Waals surface area contributed by atoms with E-state index in [4.69, 9.17) is 9.47 Å². The Hall–Kier alpha value is -2.64. The van der Waals surface area contributed by atoms with Gasteiger partial charge >= 0.3 is 0 Å². The van der Waals surface area contributed by atoms with Gasteiger partial charge in [-0.2, -0.15) is 0 Å². The molecule has 1 aliphatic heterocycles. The molecular formula is C21H35N5O3. The molecule has 8 nitrogen and oxygen atoms in total. The number of guanidine groups is 1. The second kappa shape index (κ2) is 12.0. The van der Waals surface area contributed by atoms with Gasteiger partial charge in [-0.15, -0.1) is 0 Å². The first-order valence-electron chi connectivity index (χ1n) is 10.4. The summed E-state index contributed by atoms with van der Waals surface area (Å²) in [6.45, 7) is 7.83. The molecule has 0 aliphatic carbocycles. The van der Waals surface area contributed by atoms with E-state index in [0.717, 1.165) is 55.6 Å². The molecule has 0 aromatic heterocycles. The highest BCUT2D eigenvalue weighted by Crippen LogP contribution is 2.30. The fraction of sp³-hybridized carbons (Fsp3) is 0.619. The third-order valence-corrected chi connectivity index (χ3v) is 4.76. The number of nitrogens with zero attached hydrogens (tertiary/aromatic N) is 2. The van der Waals surface area contributed by atoms with Crippen molar-refractivity contribution in [3.63, 3.8) is 0 Å². The Morgan fingerprint density at radius 1 is 1.17 bits per heavy atom. The van der Waals surface area contributed by atoms with E-state index in [1.165, 1.54) is 0 Å². The molecule has 29 heavy (non-hydrogen) atoms. The largest absolute Gasteiger partial charge is 0.497 e. The summed E-state index contributed by atoms with van der Waals surface area (Å²) in [4.78, 5) is 18.6. The normalized spacial score (nSPS) is 16.5. The third-order valence-electron chi connectivity index (χ3n) is 4.76. The average Bonchev–Trinajstić information content (AvgIpc) is 3.20. The predicted octanol–water partition coefficient (Wildman–Crippen LogP) is 1.75. The molecular weight excluding hydrogens is 370 g/mol. The third kappa shape index (κ3) is 7.36. The van der Waals surface area contributed by atoms with Crippen LogP contribution in [0.15, 0.2) is 23.2 Å².